The van der Waals surface area contributed by atoms with E-state index in [0.717, 1.165) is 0 Å². The van der Waals surface area contributed by atoms with Crippen LogP contribution in [0.3, 0.4) is 0 Å². The summed E-state index contributed by atoms with van der Waals surface area (Å²) in [4.78, 5) is 38.4. The molecular formula is C33H33FO8. The first-order valence-electron chi connectivity index (χ1n) is 14.2. The van der Waals surface area contributed by atoms with Gasteiger partial charge in [-0.05, 0) is 106 Å². The predicted octanol–water partition coefficient (Wildman–Crippen LogP) is 5.54. The number of carboxylic acid groups (broad SMARTS) is 1. The molecule has 2 aromatic carbocycles. The van der Waals surface area contributed by atoms with Gasteiger partial charge in [0.1, 0.15) is 17.2 Å². The van der Waals surface area contributed by atoms with Crippen LogP contribution in [0.2, 0.25) is 0 Å². The zero-order valence-corrected chi connectivity index (χ0v) is 23.4. The number of benzene rings is 2. The van der Waals surface area contributed by atoms with E-state index in [9.17, 15) is 29.7 Å². The Balaban J connectivity index is 1.27. The number of fused-ring (bicyclic) bond motifs is 5. The molecule has 4 aliphatic rings. The summed E-state index contributed by atoms with van der Waals surface area (Å²) in [6, 6.07) is 12.2. The molecule has 0 aromatic heterocycles. The third kappa shape index (κ3) is 3.86. The number of carbonyl (C=O) groups is 3. The summed E-state index contributed by atoms with van der Waals surface area (Å²) in [7, 11) is 0. The topological polar surface area (TPSA) is 130 Å². The first-order valence-corrected chi connectivity index (χ1v) is 14.2. The van der Waals surface area contributed by atoms with Gasteiger partial charge in [0, 0.05) is 16.7 Å². The fourth-order valence-electron chi connectivity index (χ4n) is 8.29. The average molecular weight is 577 g/mol. The van der Waals surface area contributed by atoms with Gasteiger partial charge < -0.3 is 24.8 Å². The number of esters is 1. The highest BCUT2D eigenvalue weighted by Crippen LogP contribution is 2.70. The SMILES string of the molecule is C[C@]12C=CC(=O)C=C1CC[C@H]1[C@@H]3CC[C@](OC(=O)c4ccc(Oc5ccc(O)cc5)cc4)(C(=O)O)[C@@]3(C)C[C@H](O)[C@@]12F. The fourth-order valence-corrected chi connectivity index (χ4v) is 8.29. The van der Waals surface area contributed by atoms with Crippen LogP contribution < -0.4 is 4.74 Å². The first-order chi connectivity index (χ1) is 19.8. The Morgan fingerprint density at radius 2 is 1.62 bits per heavy atom. The number of phenolic OH excluding ortho intramolecular Hbond substituents is 1. The quantitative estimate of drug-likeness (QED) is 0.396. The molecule has 3 fully saturated rings. The van der Waals surface area contributed by atoms with Crippen LogP contribution in [0.4, 0.5) is 4.39 Å². The minimum absolute atomic E-state index is 0.00960. The number of aliphatic hydroxyl groups is 1. The zero-order valence-electron chi connectivity index (χ0n) is 23.4. The molecule has 9 heteroatoms. The van der Waals surface area contributed by atoms with Crippen molar-refractivity contribution in [1.29, 1.82) is 0 Å². The van der Waals surface area contributed by atoms with Gasteiger partial charge in [0.25, 0.3) is 0 Å². The van der Waals surface area contributed by atoms with Crippen LogP contribution in [0.15, 0.2) is 72.3 Å². The van der Waals surface area contributed by atoms with Crippen molar-refractivity contribution in [2.24, 2.45) is 22.7 Å². The lowest BCUT2D eigenvalue weighted by Gasteiger charge is -2.62. The van der Waals surface area contributed by atoms with Gasteiger partial charge in [0.2, 0.25) is 5.60 Å². The van der Waals surface area contributed by atoms with E-state index in [1.165, 1.54) is 36.4 Å². The minimum atomic E-state index is -2.11. The third-order valence-electron chi connectivity index (χ3n) is 10.5. The highest BCUT2D eigenvalue weighted by atomic mass is 19.1. The summed E-state index contributed by atoms with van der Waals surface area (Å²) >= 11 is 0. The van der Waals surface area contributed by atoms with E-state index >= 15 is 4.39 Å². The molecule has 0 amide bonds. The number of aliphatic hydroxyl groups excluding tert-OH is 1. The molecule has 0 aliphatic heterocycles. The number of halogens is 1. The zero-order chi connectivity index (χ0) is 30.1. The molecular weight excluding hydrogens is 543 g/mol. The molecule has 42 heavy (non-hydrogen) atoms. The number of ether oxygens (including phenoxy) is 2. The molecule has 6 rings (SSSR count). The highest BCUT2D eigenvalue weighted by molar-refractivity contribution is 6.01. The van der Waals surface area contributed by atoms with Gasteiger partial charge in [-0.1, -0.05) is 18.6 Å². The molecule has 0 unspecified atom stereocenters. The van der Waals surface area contributed by atoms with E-state index in [0.29, 0.717) is 36.3 Å². The second-order valence-corrected chi connectivity index (χ2v) is 12.4. The molecule has 0 heterocycles. The molecule has 2 aromatic rings. The third-order valence-corrected chi connectivity index (χ3v) is 10.5. The largest absolute Gasteiger partial charge is 0.508 e. The summed E-state index contributed by atoms with van der Waals surface area (Å²) in [6.07, 6.45) is 3.71. The Morgan fingerprint density at radius 1 is 0.976 bits per heavy atom. The Morgan fingerprint density at radius 3 is 2.26 bits per heavy atom. The van der Waals surface area contributed by atoms with E-state index in [1.807, 2.05) is 0 Å². The Labute approximate surface area is 242 Å². The van der Waals surface area contributed by atoms with Crippen molar-refractivity contribution in [2.75, 3.05) is 0 Å². The molecule has 0 spiro atoms. The minimum Gasteiger partial charge on any atom is -0.508 e. The van der Waals surface area contributed by atoms with Crippen LogP contribution in [-0.4, -0.2) is 50.4 Å². The van der Waals surface area contributed by atoms with E-state index < -0.39 is 52.0 Å². The van der Waals surface area contributed by atoms with Crippen LogP contribution in [0.5, 0.6) is 17.2 Å². The van der Waals surface area contributed by atoms with Crippen LogP contribution in [-0.2, 0) is 14.3 Å². The number of aromatic hydroxyl groups is 1. The molecule has 7 atom stereocenters. The molecule has 4 aliphatic carbocycles. The van der Waals surface area contributed by atoms with Gasteiger partial charge >= 0.3 is 11.9 Å². The van der Waals surface area contributed by atoms with Crippen LogP contribution in [0.1, 0.15) is 56.3 Å². The van der Waals surface area contributed by atoms with Crippen molar-refractivity contribution in [3.8, 4) is 17.2 Å². The molecule has 3 saturated carbocycles. The van der Waals surface area contributed by atoms with Crippen LogP contribution in [0.25, 0.3) is 0 Å². The number of phenols is 1. The van der Waals surface area contributed by atoms with Gasteiger partial charge in [-0.3, -0.25) is 4.79 Å². The van der Waals surface area contributed by atoms with Crippen molar-refractivity contribution in [1.82, 2.24) is 0 Å². The predicted molar refractivity (Wildman–Crippen MR) is 149 cm³/mol. The van der Waals surface area contributed by atoms with Gasteiger partial charge in [0.05, 0.1) is 11.7 Å². The lowest BCUT2D eigenvalue weighted by Crippen LogP contribution is -2.69. The van der Waals surface area contributed by atoms with E-state index in [2.05, 4.69) is 0 Å². The van der Waals surface area contributed by atoms with Crippen molar-refractivity contribution >= 4 is 17.7 Å². The second-order valence-electron chi connectivity index (χ2n) is 12.4. The summed E-state index contributed by atoms with van der Waals surface area (Å²) in [5.74, 6) is -2.54. The Hall–Kier alpha value is -3.98. The smallest absolute Gasteiger partial charge is 0.348 e. The van der Waals surface area contributed by atoms with Gasteiger partial charge in [-0.2, -0.15) is 0 Å². The number of aliphatic carboxylic acids is 1. The van der Waals surface area contributed by atoms with E-state index in [1.54, 1.807) is 44.2 Å². The molecule has 220 valence electrons. The van der Waals surface area contributed by atoms with E-state index in [-0.39, 0.29) is 29.9 Å². The van der Waals surface area contributed by atoms with Crippen molar-refractivity contribution < 1.29 is 43.6 Å². The van der Waals surface area contributed by atoms with Crippen LogP contribution in [0, 0.1) is 22.7 Å². The number of hydrogen-bond acceptors (Lipinski definition) is 7. The summed E-state index contributed by atoms with van der Waals surface area (Å²) in [5.41, 5.74) is -5.74. The number of ketones is 1. The fraction of sp³-hybridized carbons (Fsp3) is 0.424. The number of carboxylic acids is 1. The number of rotatable bonds is 5. The maximum atomic E-state index is 17.3. The van der Waals surface area contributed by atoms with Gasteiger partial charge in [-0.25, -0.2) is 14.0 Å². The number of hydrogen-bond donors (Lipinski definition) is 3. The lowest BCUT2D eigenvalue weighted by atomic mass is 9.45. The summed E-state index contributed by atoms with van der Waals surface area (Å²) in [6.45, 7) is 3.39. The molecule has 3 N–H and O–H groups in total. The number of allylic oxidation sites excluding steroid dienone is 4. The number of alkyl halides is 1. The van der Waals surface area contributed by atoms with Gasteiger partial charge in [0.15, 0.2) is 11.5 Å². The standard InChI is InChI=1S/C33H33FO8/c1-30-15-13-22(36)17-20(30)5-12-26-25-14-16-32(29(39)40,31(25,2)18-27(37)33(26,30)34)42-28(38)19-3-8-23(9-4-19)41-24-10-6-21(35)7-11-24/h3-4,6-11,13,15,17,25-27,35,37H,5,12,14,16,18H2,1-2H3,(H,39,40)/t25-,26-,27-,30-,31-,32-,33-/m0/s1. The van der Waals surface area contributed by atoms with Crippen molar-refractivity contribution in [3.63, 3.8) is 0 Å². The Bertz CT molecular complexity index is 1510. The van der Waals surface area contributed by atoms with Gasteiger partial charge in [-0.15, -0.1) is 0 Å². The maximum absolute atomic E-state index is 17.3. The monoisotopic (exact) mass is 576 g/mol. The average Bonchev–Trinajstić information content (AvgIpc) is 3.24. The lowest BCUT2D eigenvalue weighted by molar-refractivity contribution is -0.222. The van der Waals surface area contributed by atoms with E-state index in [4.69, 9.17) is 9.47 Å². The molecule has 0 radical (unpaired) electrons. The molecule has 0 bridgehead atoms. The summed E-state index contributed by atoms with van der Waals surface area (Å²) < 4.78 is 28.9. The maximum Gasteiger partial charge on any atom is 0.348 e. The van der Waals surface area contributed by atoms with Crippen molar-refractivity contribution in [2.45, 2.75) is 63.3 Å². The molecule has 8 nitrogen and oxygen atoms in total. The second kappa shape index (κ2) is 9.52. The number of carbonyl (C=O) groups excluding carboxylic acids is 2. The highest BCUT2D eigenvalue weighted by Gasteiger charge is 2.76. The normalized spacial score (nSPS) is 36.7. The Kier molecular flexibility index (Phi) is 6.38. The van der Waals surface area contributed by atoms with Crippen molar-refractivity contribution in [3.05, 3.63) is 77.9 Å². The summed E-state index contributed by atoms with van der Waals surface area (Å²) in [5, 5.41) is 31.5. The first kappa shape index (κ1) is 28.2. The van der Waals surface area contributed by atoms with Crippen LogP contribution >= 0.6 is 0 Å². The molecule has 0 saturated heterocycles.